The number of hydroxylamine groups is 2. The number of anilines is 1. The summed E-state index contributed by atoms with van der Waals surface area (Å²) < 4.78 is 36.1. The van der Waals surface area contributed by atoms with Crippen LogP contribution < -0.4 is 10.5 Å². The molecule has 0 radical (unpaired) electrons. The number of hydrogen-bond acceptors (Lipinski definition) is 8. The van der Waals surface area contributed by atoms with Gasteiger partial charge in [0.05, 0.1) is 11.2 Å². The van der Waals surface area contributed by atoms with E-state index in [1.807, 2.05) is 32.8 Å². The quantitative estimate of drug-likeness (QED) is 0.462. The Morgan fingerprint density at radius 3 is 2.45 bits per heavy atom. The summed E-state index contributed by atoms with van der Waals surface area (Å²) in [5.41, 5.74) is -1.62. The fraction of sp³-hybridized carbons (Fsp3) is 0.522. The summed E-state index contributed by atoms with van der Waals surface area (Å²) in [5.74, 6) is -1.38. The van der Waals surface area contributed by atoms with Crippen LogP contribution in [0.25, 0.3) is 11.0 Å². The first-order valence-corrected chi connectivity index (χ1v) is 12.3. The summed E-state index contributed by atoms with van der Waals surface area (Å²) in [6.45, 7) is 3.84. The number of carbonyl (C=O) groups excluding carboxylic acids is 2. The second-order valence-corrected chi connectivity index (χ2v) is 11.4. The molecule has 2 fully saturated rings. The molecule has 0 aliphatic heterocycles. The van der Waals surface area contributed by atoms with Crippen LogP contribution in [0.15, 0.2) is 33.5 Å². The number of benzene rings is 1. The summed E-state index contributed by atoms with van der Waals surface area (Å²) in [6.07, 6.45) is 1.63. The molecule has 10 heteroatoms. The van der Waals surface area contributed by atoms with E-state index in [0.29, 0.717) is 28.9 Å². The first-order valence-electron chi connectivity index (χ1n) is 10.8. The van der Waals surface area contributed by atoms with E-state index in [1.54, 1.807) is 18.2 Å². The first-order chi connectivity index (χ1) is 15.3. The second kappa shape index (κ2) is 7.66. The van der Waals surface area contributed by atoms with Gasteiger partial charge < -0.3 is 9.32 Å². The van der Waals surface area contributed by atoms with Crippen molar-refractivity contribution in [2.75, 3.05) is 31.8 Å². The zero-order chi connectivity index (χ0) is 24.3. The van der Waals surface area contributed by atoms with Crippen LogP contribution in [0.3, 0.4) is 0 Å². The van der Waals surface area contributed by atoms with Crippen molar-refractivity contribution in [2.24, 2.45) is 16.7 Å². The van der Waals surface area contributed by atoms with E-state index in [0.717, 1.165) is 19.2 Å². The Bertz CT molecular complexity index is 1310. The minimum Gasteiger partial charge on any atom is -0.422 e. The van der Waals surface area contributed by atoms with Gasteiger partial charge in [0, 0.05) is 44.7 Å². The molecule has 2 aromatic rings. The topological polar surface area (TPSA) is 114 Å². The molecule has 1 amide bonds. The SMILES string of the molecule is CN(OS(=O)(=O)CC12CCC(CC1=O)C2(C)C)C(=O)c1cc2ccc(N(C)C)cc2oc1=O. The van der Waals surface area contributed by atoms with Gasteiger partial charge in [0.25, 0.3) is 16.0 Å². The van der Waals surface area contributed by atoms with Gasteiger partial charge >= 0.3 is 5.63 Å². The fourth-order valence-corrected chi connectivity index (χ4v) is 7.08. The molecule has 2 aliphatic carbocycles. The van der Waals surface area contributed by atoms with E-state index in [1.165, 1.54) is 6.07 Å². The van der Waals surface area contributed by atoms with Crippen LogP contribution in [0.2, 0.25) is 0 Å². The van der Waals surface area contributed by atoms with Gasteiger partial charge in [0.1, 0.15) is 16.9 Å². The minimum atomic E-state index is -4.29. The highest BCUT2D eigenvalue weighted by Crippen LogP contribution is 2.64. The largest absolute Gasteiger partial charge is 0.422 e. The van der Waals surface area contributed by atoms with Crippen molar-refractivity contribution in [3.05, 3.63) is 40.2 Å². The molecule has 33 heavy (non-hydrogen) atoms. The van der Waals surface area contributed by atoms with Crippen LogP contribution in [-0.4, -0.2) is 52.1 Å². The Kier molecular flexibility index (Phi) is 5.44. The standard InChI is InChI=1S/C23H28N2O7S/c1-22(2)15-8-9-23(22,19(26)11-15)13-33(29,30)32-25(5)20(27)17-10-14-6-7-16(24(3)4)12-18(14)31-21(17)28/h6-7,10,12,15H,8-9,11,13H2,1-5H3. The van der Waals surface area contributed by atoms with Crippen molar-refractivity contribution < 1.29 is 26.7 Å². The van der Waals surface area contributed by atoms with E-state index < -0.39 is 38.2 Å². The van der Waals surface area contributed by atoms with Gasteiger partial charge in [-0.25, -0.2) is 9.86 Å². The number of fused-ring (bicyclic) bond motifs is 3. The molecular weight excluding hydrogens is 448 g/mol. The molecule has 0 spiro atoms. The number of ketones is 1. The Labute approximate surface area is 192 Å². The molecule has 1 aromatic heterocycles. The molecular formula is C23H28N2O7S. The Hall–Kier alpha value is -2.72. The molecule has 2 bridgehead atoms. The lowest BCUT2D eigenvalue weighted by Gasteiger charge is -2.36. The van der Waals surface area contributed by atoms with Gasteiger partial charge in [-0.05, 0) is 42.4 Å². The molecule has 178 valence electrons. The maximum Gasteiger partial charge on any atom is 0.349 e. The Morgan fingerprint density at radius 1 is 1.18 bits per heavy atom. The molecule has 9 nitrogen and oxygen atoms in total. The predicted molar refractivity (Wildman–Crippen MR) is 122 cm³/mol. The Morgan fingerprint density at radius 2 is 1.88 bits per heavy atom. The third-order valence-electron chi connectivity index (χ3n) is 7.54. The monoisotopic (exact) mass is 476 g/mol. The Balaban J connectivity index is 1.56. The molecule has 1 heterocycles. The average Bonchev–Trinajstić information content (AvgIpc) is 3.05. The summed E-state index contributed by atoms with van der Waals surface area (Å²) in [6, 6.07) is 6.52. The molecule has 2 aliphatic rings. The summed E-state index contributed by atoms with van der Waals surface area (Å²) in [7, 11) is 0.516. The van der Waals surface area contributed by atoms with Gasteiger partial charge in [-0.15, -0.1) is 4.28 Å². The molecule has 1 aromatic carbocycles. The second-order valence-electron chi connectivity index (χ2n) is 9.81. The van der Waals surface area contributed by atoms with Gasteiger partial charge in [-0.2, -0.15) is 8.42 Å². The smallest absolute Gasteiger partial charge is 0.349 e. The summed E-state index contributed by atoms with van der Waals surface area (Å²) in [4.78, 5) is 39.8. The van der Waals surface area contributed by atoms with Crippen LogP contribution in [0.4, 0.5) is 5.69 Å². The number of rotatable bonds is 6. The van der Waals surface area contributed by atoms with Crippen molar-refractivity contribution in [1.29, 1.82) is 0 Å². The number of Topliss-reactive ketones (excluding diaryl/α,β-unsaturated/α-hetero) is 1. The molecule has 0 saturated heterocycles. The lowest BCUT2D eigenvalue weighted by atomic mass is 9.70. The van der Waals surface area contributed by atoms with Crippen LogP contribution in [0, 0.1) is 16.7 Å². The first kappa shape index (κ1) is 23.4. The van der Waals surface area contributed by atoms with Crippen molar-refractivity contribution in [2.45, 2.75) is 33.1 Å². The van der Waals surface area contributed by atoms with E-state index in [4.69, 9.17) is 8.70 Å². The average molecular weight is 477 g/mol. The maximum absolute atomic E-state index is 12.9. The van der Waals surface area contributed by atoms with Gasteiger partial charge in [0.2, 0.25) is 0 Å². The van der Waals surface area contributed by atoms with E-state index in [9.17, 15) is 22.8 Å². The van der Waals surface area contributed by atoms with E-state index in [-0.39, 0.29) is 17.3 Å². The molecule has 2 saturated carbocycles. The predicted octanol–water partition coefficient (Wildman–Crippen LogP) is 2.59. The zero-order valence-corrected chi connectivity index (χ0v) is 20.2. The van der Waals surface area contributed by atoms with Crippen LogP contribution in [0.5, 0.6) is 0 Å². The summed E-state index contributed by atoms with van der Waals surface area (Å²) in [5, 5.41) is 1.02. The zero-order valence-electron chi connectivity index (χ0n) is 19.4. The highest BCUT2D eigenvalue weighted by atomic mass is 32.2. The van der Waals surface area contributed by atoms with Crippen LogP contribution in [-0.2, 0) is 19.2 Å². The lowest BCUT2D eigenvalue weighted by molar-refractivity contribution is -0.128. The molecule has 4 rings (SSSR count). The van der Waals surface area contributed by atoms with Crippen LogP contribution in [0.1, 0.15) is 43.5 Å². The van der Waals surface area contributed by atoms with E-state index >= 15 is 0 Å². The summed E-state index contributed by atoms with van der Waals surface area (Å²) >= 11 is 0. The number of amides is 1. The highest BCUT2D eigenvalue weighted by molar-refractivity contribution is 7.86. The highest BCUT2D eigenvalue weighted by Gasteiger charge is 2.65. The lowest BCUT2D eigenvalue weighted by Crippen LogP contribution is -2.44. The maximum atomic E-state index is 12.9. The molecule has 2 atom stereocenters. The van der Waals surface area contributed by atoms with Gasteiger partial charge in [0.15, 0.2) is 0 Å². The third kappa shape index (κ3) is 3.74. The molecule has 0 N–H and O–H groups in total. The van der Waals surface area contributed by atoms with Gasteiger partial charge in [-0.1, -0.05) is 13.8 Å². The minimum absolute atomic E-state index is 0.0721. The number of hydrogen-bond donors (Lipinski definition) is 0. The molecule has 2 unspecified atom stereocenters. The van der Waals surface area contributed by atoms with Crippen LogP contribution >= 0.6 is 0 Å². The van der Waals surface area contributed by atoms with E-state index in [2.05, 4.69) is 0 Å². The van der Waals surface area contributed by atoms with Crippen molar-refractivity contribution in [1.82, 2.24) is 5.06 Å². The number of carbonyl (C=O) groups is 2. The normalized spacial score (nSPS) is 23.8. The number of nitrogens with zero attached hydrogens (tertiary/aromatic N) is 2. The van der Waals surface area contributed by atoms with Crippen molar-refractivity contribution in [3.8, 4) is 0 Å². The van der Waals surface area contributed by atoms with Crippen molar-refractivity contribution in [3.63, 3.8) is 0 Å². The third-order valence-corrected chi connectivity index (χ3v) is 8.84. The fourth-order valence-electron chi connectivity index (χ4n) is 5.34. The van der Waals surface area contributed by atoms with Crippen molar-refractivity contribution >= 4 is 38.5 Å². The van der Waals surface area contributed by atoms with Gasteiger partial charge in [-0.3, -0.25) is 9.59 Å².